The Balaban J connectivity index is 1.86. The Morgan fingerprint density at radius 3 is 2.70 bits per heavy atom. The van der Waals surface area contributed by atoms with Crippen LogP contribution in [0.25, 0.3) is 0 Å². The quantitative estimate of drug-likeness (QED) is 0.768. The number of likely N-dealkylation sites (tertiary alicyclic amines) is 1. The molecule has 1 aliphatic rings. The molecule has 1 unspecified atom stereocenters. The molecule has 0 aromatic carbocycles. The van der Waals surface area contributed by atoms with E-state index >= 15 is 0 Å². The van der Waals surface area contributed by atoms with E-state index in [-0.39, 0.29) is 10.1 Å². The van der Waals surface area contributed by atoms with E-state index in [4.69, 9.17) is 0 Å². The summed E-state index contributed by atoms with van der Waals surface area (Å²) in [4.78, 5) is 14.2. The van der Waals surface area contributed by atoms with Gasteiger partial charge in [0, 0.05) is 13.1 Å². The SMILES string of the molecule is CNCCC1CCN(C(=O)C(C)NS(=O)(=O)c2cccs2)CC1. The lowest BCUT2D eigenvalue weighted by Crippen LogP contribution is -2.49. The highest BCUT2D eigenvalue weighted by atomic mass is 32.2. The maximum absolute atomic E-state index is 12.5. The summed E-state index contributed by atoms with van der Waals surface area (Å²) < 4.78 is 27.1. The molecule has 1 amide bonds. The molecule has 130 valence electrons. The zero-order chi connectivity index (χ0) is 16.9. The van der Waals surface area contributed by atoms with Crippen molar-refractivity contribution in [3.63, 3.8) is 0 Å². The van der Waals surface area contributed by atoms with E-state index in [1.807, 2.05) is 7.05 Å². The van der Waals surface area contributed by atoms with Gasteiger partial charge in [-0.25, -0.2) is 8.42 Å². The Bertz CT molecular complexity index is 593. The molecule has 1 atom stereocenters. The molecule has 23 heavy (non-hydrogen) atoms. The van der Waals surface area contributed by atoms with Crippen LogP contribution < -0.4 is 10.0 Å². The molecule has 0 bridgehead atoms. The van der Waals surface area contributed by atoms with Crippen LogP contribution in [0.4, 0.5) is 0 Å². The first-order chi connectivity index (χ1) is 10.9. The average Bonchev–Trinajstić information content (AvgIpc) is 3.07. The smallest absolute Gasteiger partial charge is 0.250 e. The fraction of sp³-hybridized carbons (Fsp3) is 0.667. The standard InChI is InChI=1S/C15H25N3O3S2/c1-12(17-23(20,21)14-4-3-11-22-14)15(19)18-9-6-13(7-10-18)5-8-16-2/h3-4,11-13,16-17H,5-10H2,1-2H3. The van der Waals surface area contributed by atoms with Crippen molar-refractivity contribution >= 4 is 27.3 Å². The molecule has 0 spiro atoms. The van der Waals surface area contributed by atoms with Gasteiger partial charge in [0.05, 0.1) is 6.04 Å². The summed E-state index contributed by atoms with van der Waals surface area (Å²) in [6.45, 7) is 4.02. The Morgan fingerprint density at radius 1 is 1.43 bits per heavy atom. The van der Waals surface area contributed by atoms with E-state index in [1.165, 1.54) is 6.07 Å². The van der Waals surface area contributed by atoms with Crippen molar-refractivity contribution in [3.05, 3.63) is 17.5 Å². The van der Waals surface area contributed by atoms with E-state index in [2.05, 4.69) is 10.0 Å². The van der Waals surface area contributed by atoms with E-state index in [9.17, 15) is 13.2 Å². The lowest BCUT2D eigenvalue weighted by molar-refractivity contribution is -0.134. The lowest BCUT2D eigenvalue weighted by Gasteiger charge is -2.33. The van der Waals surface area contributed by atoms with Gasteiger partial charge in [0.15, 0.2) is 0 Å². The number of rotatable bonds is 7. The second-order valence-corrected chi connectivity index (χ2v) is 8.82. The fourth-order valence-electron chi connectivity index (χ4n) is 2.82. The van der Waals surface area contributed by atoms with Gasteiger partial charge in [-0.2, -0.15) is 4.72 Å². The second kappa shape index (κ2) is 8.23. The Labute approximate surface area is 142 Å². The molecule has 2 rings (SSSR count). The third-order valence-corrected chi connectivity index (χ3v) is 7.13. The van der Waals surface area contributed by atoms with Crippen molar-refractivity contribution < 1.29 is 13.2 Å². The molecule has 2 N–H and O–H groups in total. The van der Waals surface area contributed by atoms with Crippen molar-refractivity contribution in [1.29, 1.82) is 0 Å². The van der Waals surface area contributed by atoms with Gasteiger partial charge in [0.1, 0.15) is 4.21 Å². The Hall–Kier alpha value is -0.960. The summed E-state index contributed by atoms with van der Waals surface area (Å²) in [5.74, 6) is 0.502. The van der Waals surface area contributed by atoms with E-state index in [1.54, 1.807) is 23.3 Å². The molecule has 1 aliphatic heterocycles. The van der Waals surface area contributed by atoms with Crippen molar-refractivity contribution in [2.45, 2.75) is 36.4 Å². The van der Waals surface area contributed by atoms with Gasteiger partial charge in [0.2, 0.25) is 5.91 Å². The number of hydrogen-bond donors (Lipinski definition) is 2. The summed E-state index contributed by atoms with van der Waals surface area (Å²) >= 11 is 1.15. The van der Waals surface area contributed by atoms with Crippen LogP contribution in [0.15, 0.2) is 21.7 Å². The van der Waals surface area contributed by atoms with Crippen LogP contribution in [0.5, 0.6) is 0 Å². The molecule has 0 aliphatic carbocycles. The van der Waals surface area contributed by atoms with Crippen LogP contribution in [-0.4, -0.2) is 51.9 Å². The van der Waals surface area contributed by atoms with Crippen LogP contribution in [0, 0.1) is 5.92 Å². The maximum atomic E-state index is 12.5. The van der Waals surface area contributed by atoms with Gasteiger partial charge in [-0.05, 0) is 57.1 Å². The van der Waals surface area contributed by atoms with Gasteiger partial charge >= 0.3 is 0 Å². The summed E-state index contributed by atoms with van der Waals surface area (Å²) in [6, 6.07) is 2.48. The largest absolute Gasteiger partial charge is 0.341 e. The monoisotopic (exact) mass is 359 g/mol. The fourth-order valence-corrected chi connectivity index (χ4v) is 5.03. The van der Waals surface area contributed by atoms with Crippen LogP contribution in [-0.2, 0) is 14.8 Å². The zero-order valence-corrected chi connectivity index (χ0v) is 15.3. The summed E-state index contributed by atoms with van der Waals surface area (Å²) in [5.41, 5.74) is 0. The zero-order valence-electron chi connectivity index (χ0n) is 13.6. The molecule has 6 nitrogen and oxygen atoms in total. The molecule has 1 aromatic rings. The number of carbonyl (C=O) groups excluding carboxylic acids is 1. The number of nitrogens with zero attached hydrogens (tertiary/aromatic N) is 1. The van der Waals surface area contributed by atoms with Crippen molar-refractivity contribution in [1.82, 2.24) is 14.9 Å². The van der Waals surface area contributed by atoms with E-state index in [0.717, 1.165) is 37.1 Å². The minimum atomic E-state index is -3.61. The summed E-state index contributed by atoms with van der Waals surface area (Å²) in [6.07, 6.45) is 3.09. The van der Waals surface area contributed by atoms with Crippen molar-refractivity contribution in [2.75, 3.05) is 26.7 Å². The molecule has 1 saturated heterocycles. The predicted octanol–water partition coefficient (Wildman–Crippen LogP) is 1.26. The molecule has 1 fully saturated rings. The van der Waals surface area contributed by atoms with Gasteiger partial charge in [-0.1, -0.05) is 6.07 Å². The molecule has 0 saturated carbocycles. The first kappa shape index (κ1) is 18.4. The van der Waals surface area contributed by atoms with Crippen LogP contribution in [0.2, 0.25) is 0 Å². The number of piperidine rings is 1. The molecule has 0 radical (unpaired) electrons. The van der Waals surface area contributed by atoms with Crippen LogP contribution >= 0.6 is 11.3 Å². The maximum Gasteiger partial charge on any atom is 0.250 e. The third kappa shape index (κ3) is 5.00. The van der Waals surface area contributed by atoms with Gasteiger partial charge in [0.25, 0.3) is 10.0 Å². The van der Waals surface area contributed by atoms with Gasteiger partial charge in [-0.3, -0.25) is 4.79 Å². The molecule has 8 heteroatoms. The lowest BCUT2D eigenvalue weighted by atomic mass is 9.93. The highest BCUT2D eigenvalue weighted by Crippen LogP contribution is 2.21. The average molecular weight is 360 g/mol. The second-order valence-electron chi connectivity index (χ2n) is 5.94. The topological polar surface area (TPSA) is 78.5 Å². The minimum absolute atomic E-state index is 0.141. The van der Waals surface area contributed by atoms with Gasteiger partial charge in [-0.15, -0.1) is 11.3 Å². The number of hydrogen-bond acceptors (Lipinski definition) is 5. The first-order valence-corrected chi connectivity index (χ1v) is 10.3. The number of sulfonamides is 1. The van der Waals surface area contributed by atoms with Crippen molar-refractivity contribution in [3.8, 4) is 0 Å². The minimum Gasteiger partial charge on any atom is -0.341 e. The Morgan fingerprint density at radius 2 is 2.13 bits per heavy atom. The highest BCUT2D eigenvalue weighted by Gasteiger charge is 2.29. The van der Waals surface area contributed by atoms with E-state index in [0.29, 0.717) is 19.0 Å². The molecular formula is C15H25N3O3S2. The predicted molar refractivity (Wildman–Crippen MR) is 92.0 cm³/mol. The summed E-state index contributed by atoms with van der Waals surface area (Å²) in [5, 5.41) is 4.86. The Kier molecular flexibility index (Phi) is 6.58. The first-order valence-electron chi connectivity index (χ1n) is 7.93. The van der Waals surface area contributed by atoms with Crippen LogP contribution in [0.1, 0.15) is 26.2 Å². The van der Waals surface area contributed by atoms with E-state index < -0.39 is 16.1 Å². The number of carbonyl (C=O) groups is 1. The van der Waals surface area contributed by atoms with Gasteiger partial charge < -0.3 is 10.2 Å². The normalized spacial score (nSPS) is 18.1. The van der Waals surface area contributed by atoms with Crippen molar-refractivity contribution in [2.24, 2.45) is 5.92 Å². The number of nitrogens with one attached hydrogen (secondary N) is 2. The number of thiophene rings is 1. The number of amides is 1. The molecule has 2 heterocycles. The highest BCUT2D eigenvalue weighted by molar-refractivity contribution is 7.91. The molecule has 1 aromatic heterocycles. The summed E-state index contributed by atoms with van der Waals surface area (Å²) in [7, 11) is -1.67. The third-order valence-electron chi connectivity index (χ3n) is 4.19. The molecular weight excluding hydrogens is 334 g/mol. The van der Waals surface area contributed by atoms with Crippen LogP contribution in [0.3, 0.4) is 0 Å².